The Balaban J connectivity index is 2.23. The van der Waals surface area contributed by atoms with Crippen molar-refractivity contribution in [3.63, 3.8) is 0 Å². The van der Waals surface area contributed by atoms with E-state index in [1.54, 1.807) is 24.3 Å². The van der Waals surface area contributed by atoms with Crippen molar-refractivity contribution >= 4 is 56.2 Å². The average molecular weight is 497 g/mol. The number of ether oxygens (including phenoxy) is 1. The van der Waals surface area contributed by atoms with Gasteiger partial charge in [-0.05, 0) is 83.6 Å². The van der Waals surface area contributed by atoms with E-state index in [1.807, 2.05) is 37.3 Å². The van der Waals surface area contributed by atoms with Crippen molar-refractivity contribution < 1.29 is 9.53 Å². The van der Waals surface area contributed by atoms with Gasteiger partial charge in [-0.3, -0.25) is 4.79 Å². The summed E-state index contributed by atoms with van der Waals surface area (Å²) in [6, 6.07) is 14.7. The maximum absolute atomic E-state index is 12.3. The molecule has 0 bridgehead atoms. The first-order valence-corrected chi connectivity index (χ1v) is 9.01. The highest BCUT2D eigenvalue weighted by Gasteiger charge is 2.10. The third-order valence-corrected chi connectivity index (χ3v) is 4.13. The van der Waals surface area contributed by atoms with Crippen molar-refractivity contribution in [2.45, 2.75) is 6.92 Å². The summed E-state index contributed by atoms with van der Waals surface area (Å²) in [5, 5.41) is 12.0. The molecule has 0 radical (unpaired) electrons. The molecule has 0 aromatic heterocycles. The number of carbonyl (C=O) groups is 1. The summed E-state index contributed by atoms with van der Waals surface area (Å²) in [6.07, 6.45) is 1.55. The number of nitriles is 1. The smallest absolute Gasteiger partial charge is 0.266 e. The molecule has 0 unspecified atom stereocenters. The van der Waals surface area contributed by atoms with Crippen LogP contribution in [0.15, 0.2) is 52.5 Å². The van der Waals surface area contributed by atoms with Gasteiger partial charge in [-0.2, -0.15) is 5.26 Å². The van der Waals surface area contributed by atoms with Crippen LogP contribution in [-0.4, -0.2) is 12.5 Å². The molecule has 24 heavy (non-hydrogen) atoms. The van der Waals surface area contributed by atoms with Crippen molar-refractivity contribution in [1.29, 1.82) is 5.26 Å². The zero-order valence-corrected chi connectivity index (χ0v) is 16.6. The first-order valence-electron chi connectivity index (χ1n) is 7.14. The van der Waals surface area contributed by atoms with Gasteiger partial charge >= 0.3 is 0 Å². The monoisotopic (exact) mass is 496 g/mol. The molecule has 0 atom stereocenters. The second-order valence-electron chi connectivity index (χ2n) is 4.78. The van der Waals surface area contributed by atoms with Crippen LogP contribution in [0.5, 0.6) is 5.75 Å². The van der Waals surface area contributed by atoms with E-state index in [9.17, 15) is 10.1 Å². The first-order chi connectivity index (χ1) is 11.5. The molecule has 122 valence electrons. The molecule has 0 fully saturated rings. The molecular weight excluding hydrogens is 483 g/mol. The van der Waals surface area contributed by atoms with Gasteiger partial charge < -0.3 is 10.1 Å². The minimum absolute atomic E-state index is 0.0300. The fourth-order valence-corrected chi connectivity index (χ4v) is 2.90. The average Bonchev–Trinajstić information content (AvgIpc) is 2.54. The summed E-state index contributed by atoms with van der Waals surface area (Å²) in [7, 11) is 0. The molecule has 1 N–H and O–H groups in total. The molecule has 0 spiro atoms. The number of amides is 1. The van der Waals surface area contributed by atoms with Crippen LogP contribution in [0.1, 0.15) is 12.5 Å². The lowest BCUT2D eigenvalue weighted by Crippen LogP contribution is -2.13. The Morgan fingerprint density at radius 3 is 2.67 bits per heavy atom. The quantitative estimate of drug-likeness (QED) is 0.360. The fraction of sp³-hybridized carbons (Fsp3) is 0.111. The van der Waals surface area contributed by atoms with Crippen LogP contribution in [-0.2, 0) is 4.79 Å². The van der Waals surface area contributed by atoms with Crippen molar-refractivity contribution in [2.75, 3.05) is 11.9 Å². The molecule has 2 rings (SSSR count). The van der Waals surface area contributed by atoms with Crippen LogP contribution in [0, 0.1) is 14.9 Å². The molecule has 1 amide bonds. The predicted octanol–water partition coefficient (Wildman–Crippen LogP) is 5.00. The van der Waals surface area contributed by atoms with Gasteiger partial charge in [0.15, 0.2) is 0 Å². The maximum atomic E-state index is 12.3. The van der Waals surface area contributed by atoms with Crippen molar-refractivity contribution in [1.82, 2.24) is 0 Å². The highest BCUT2D eigenvalue weighted by molar-refractivity contribution is 14.1. The zero-order chi connectivity index (χ0) is 17.5. The molecule has 0 aliphatic rings. The van der Waals surface area contributed by atoms with Crippen LogP contribution in [0.3, 0.4) is 0 Å². The molecule has 2 aromatic rings. The van der Waals surface area contributed by atoms with Gasteiger partial charge in [-0.15, -0.1) is 0 Å². The summed E-state index contributed by atoms with van der Waals surface area (Å²) in [5.41, 5.74) is 1.40. The van der Waals surface area contributed by atoms with E-state index in [4.69, 9.17) is 4.74 Å². The Morgan fingerprint density at radius 1 is 1.33 bits per heavy atom. The highest BCUT2D eigenvalue weighted by atomic mass is 127. The maximum Gasteiger partial charge on any atom is 0.266 e. The molecular formula is C18H14BrIN2O2. The van der Waals surface area contributed by atoms with E-state index in [0.29, 0.717) is 18.0 Å². The number of anilines is 1. The fourth-order valence-electron chi connectivity index (χ4n) is 1.96. The SMILES string of the molecule is CCOc1cc(I)cc(/C=C(\C#N)C(=O)Nc2ccc(Br)cc2)c1. The number of halogens is 2. The summed E-state index contributed by atoms with van der Waals surface area (Å²) >= 11 is 5.51. The molecule has 0 aliphatic carbocycles. The second kappa shape index (κ2) is 8.85. The predicted molar refractivity (Wildman–Crippen MR) is 107 cm³/mol. The topological polar surface area (TPSA) is 62.1 Å². The molecule has 0 saturated carbocycles. The number of benzene rings is 2. The number of hydrogen-bond donors (Lipinski definition) is 1. The summed E-state index contributed by atoms with van der Waals surface area (Å²) < 4.78 is 7.37. The van der Waals surface area contributed by atoms with Crippen LogP contribution in [0.25, 0.3) is 6.08 Å². The lowest BCUT2D eigenvalue weighted by atomic mass is 10.1. The Kier molecular flexibility index (Phi) is 6.82. The Morgan fingerprint density at radius 2 is 2.04 bits per heavy atom. The van der Waals surface area contributed by atoms with E-state index in [1.165, 1.54) is 0 Å². The van der Waals surface area contributed by atoms with Gasteiger partial charge in [0.1, 0.15) is 17.4 Å². The number of nitrogens with one attached hydrogen (secondary N) is 1. The minimum atomic E-state index is -0.448. The number of carbonyl (C=O) groups excluding carboxylic acids is 1. The minimum Gasteiger partial charge on any atom is -0.494 e. The van der Waals surface area contributed by atoms with Gasteiger partial charge in [0.25, 0.3) is 5.91 Å². The first kappa shape index (κ1) is 18.5. The zero-order valence-electron chi connectivity index (χ0n) is 12.8. The van der Waals surface area contributed by atoms with E-state index in [0.717, 1.165) is 13.6 Å². The molecule has 2 aromatic carbocycles. The van der Waals surface area contributed by atoms with Gasteiger partial charge in [0.2, 0.25) is 0 Å². The van der Waals surface area contributed by atoms with Crippen LogP contribution >= 0.6 is 38.5 Å². The largest absolute Gasteiger partial charge is 0.494 e. The third-order valence-electron chi connectivity index (χ3n) is 2.98. The van der Waals surface area contributed by atoms with Gasteiger partial charge in [0.05, 0.1) is 6.61 Å². The van der Waals surface area contributed by atoms with Crippen molar-refractivity contribution in [3.05, 3.63) is 61.6 Å². The summed E-state index contributed by atoms with van der Waals surface area (Å²) in [5.74, 6) is 0.262. The van der Waals surface area contributed by atoms with Crippen molar-refractivity contribution in [3.8, 4) is 11.8 Å². The lowest BCUT2D eigenvalue weighted by Gasteiger charge is -2.07. The molecule has 0 saturated heterocycles. The van der Waals surface area contributed by atoms with Gasteiger partial charge in [0, 0.05) is 13.7 Å². The molecule has 6 heteroatoms. The summed E-state index contributed by atoms with van der Waals surface area (Å²) in [6.45, 7) is 2.46. The highest BCUT2D eigenvalue weighted by Crippen LogP contribution is 2.21. The number of nitrogens with zero attached hydrogens (tertiary/aromatic N) is 1. The Hall–Kier alpha value is -1.85. The van der Waals surface area contributed by atoms with E-state index >= 15 is 0 Å². The standard InChI is InChI=1S/C18H14BrIN2O2/c1-2-24-17-9-12(8-15(20)10-17)7-13(11-21)18(23)22-16-5-3-14(19)4-6-16/h3-10H,2H2,1H3,(H,22,23)/b13-7+. The van der Waals surface area contributed by atoms with Crippen LogP contribution < -0.4 is 10.1 Å². The molecule has 0 heterocycles. The van der Waals surface area contributed by atoms with Gasteiger partial charge in [-0.25, -0.2) is 0 Å². The van der Waals surface area contributed by atoms with E-state index in [-0.39, 0.29) is 5.57 Å². The second-order valence-corrected chi connectivity index (χ2v) is 6.95. The van der Waals surface area contributed by atoms with Crippen molar-refractivity contribution in [2.24, 2.45) is 0 Å². The van der Waals surface area contributed by atoms with Gasteiger partial charge in [-0.1, -0.05) is 15.9 Å². The van der Waals surface area contributed by atoms with E-state index in [2.05, 4.69) is 43.8 Å². The Labute approximate surface area is 162 Å². The number of hydrogen-bond acceptors (Lipinski definition) is 3. The Bertz CT molecular complexity index is 811. The number of rotatable bonds is 5. The molecule has 0 aliphatic heterocycles. The van der Waals surface area contributed by atoms with Crippen LogP contribution in [0.2, 0.25) is 0 Å². The van der Waals surface area contributed by atoms with E-state index < -0.39 is 5.91 Å². The lowest BCUT2D eigenvalue weighted by molar-refractivity contribution is -0.112. The summed E-state index contributed by atoms with van der Waals surface area (Å²) in [4.78, 5) is 12.3. The van der Waals surface area contributed by atoms with Crippen LogP contribution in [0.4, 0.5) is 5.69 Å². The molecule has 4 nitrogen and oxygen atoms in total. The third kappa shape index (κ3) is 5.35. The normalized spacial score (nSPS) is 10.8.